The standard InChI is InChI=1S/C19H28BrNO4Si/c1-7-23-18(22)16-14-24-17(21-16)13-15(20)11-9-8-10-12-25-26(5,6)19(2,3)4/h8-11,13-14H,7,12H2,1-6H3/b10-8-,11-9+,15-13+. The van der Waals surface area contributed by atoms with Crippen molar-refractivity contribution in [2.75, 3.05) is 13.2 Å². The van der Waals surface area contributed by atoms with Gasteiger partial charge in [0.1, 0.15) is 6.26 Å². The molecule has 0 saturated heterocycles. The number of halogens is 1. The molecule has 0 saturated carbocycles. The highest BCUT2D eigenvalue weighted by Crippen LogP contribution is 2.36. The van der Waals surface area contributed by atoms with Gasteiger partial charge >= 0.3 is 5.97 Å². The molecule has 0 fully saturated rings. The predicted molar refractivity (Wildman–Crippen MR) is 111 cm³/mol. The molecule has 0 spiro atoms. The lowest BCUT2D eigenvalue weighted by Gasteiger charge is -2.35. The van der Waals surface area contributed by atoms with Crippen LogP contribution in [0.15, 0.2) is 39.5 Å². The number of nitrogens with zero attached hydrogens (tertiary/aromatic N) is 1. The second-order valence-corrected chi connectivity index (χ2v) is 12.9. The summed E-state index contributed by atoms with van der Waals surface area (Å²) >= 11 is 3.42. The van der Waals surface area contributed by atoms with Crippen molar-refractivity contribution in [2.24, 2.45) is 0 Å². The number of ether oxygens (including phenoxy) is 1. The fraction of sp³-hybridized carbons (Fsp3) is 0.474. The van der Waals surface area contributed by atoms with Crippen molar-refractivity contribution in [2.45, 2.75) is 45.8 Å². The van der Waals surface area contributed by atoms with Crippen LogP contribution in [0.3, 0.4) is 0 Å². The first-order chi connectivity index (χ1) is 12.1. The van der Waals surface area contributed by atoms with Crippen molar-refractivity contribution in [1.29, 1.82) is 0 Å². The third kappa shape index (κ3) is 7.43. The molecule has 0 radical (unpaired) electrons. The third-order valence-corrected chi connectivity index (χ3v) is 9.11. The van der Waals surface area contributed by atoms with Crippen LogP contribution >= 0.6 is 15.9 Å². The smallest absolute Gasteiger partial charge is 0.360 e. The average molecular weight is 442 g/mol. The first kappa shape index (κ1) is 22.6. The molecular formula is C19H28BrNO4Si. The first-order valence-electron chi connectivity index (χ1n) is 8.54. The number of hydrogen-bond donors (Lipinski definition) is 0. The third-order valence-electron chi connectivity index (χ3n) is 4.12. The highest BCUT2D eigenvalue weighted by Gasteiger charge is 2.36. The van der Waals surface area contributed by atoms with E-state index in [4.69, 9.17) is 13.6 Å². The lowest BCUT2D eigenvalue weighted by atomic mass is 10.2. The van der Waals surface area contributed by atoms with Crippen LogP contribution in [-0.2, 0) is 9.16 Å². The van der Waals surface area contributed by atoms with Crippen LogP contribution in [0, 0.1) is 0 Å². The van der Waals surface area contributed by atoms with E-state index in [1.165, 1.54) is 6.26 Å². The van der Waals surface area contributed by atoms with Gasteiger partial charge in [-0.2, -0.15) is 0 Å². The number of aromatic nitrogens is 1. The molecule has 0 aliphatic carbocycles. The zero-order valence-corrected chi connectivity index (χ0v) is 18.9. The predicted octanol–water partition coefficient (Wildman–Crippen LogP) is 5.72. The molecule has 0 unspecified atom stereocenters. The van der Waals surface area contributed by atoms with E-state index in [0.29, 0.717) is 19.1 Å². The molecule has 0 atom stereocenters. The zero-order valence-electron chi connectivity index (χ0n) is 16.3. The number of carbonyl (C=O) groups is 1. The van der Waals surface area contributed by atoms with Crippen molar-refractivity contribution >= 4 is 36.3 Å². The van der Waals surface area contributed by atoms with Gasteiger partial charge in [-0.05, 0) is 31.1 Å². The largest absolute Gasteiger partial charge is 0.461 e. The van der Waals surface area contributed by atoms with E-state index in [2.05, 4.69) is 54.8 Å². The minimum Gasteiger partial charge on any atom is -0.461 e. The molecular weight excluding hydrogens is 414 g/mol. The molecule has 26 heavy (non-hydrogen) atoms. The van der Waals surface area contributed by atoms with E-state index >= 15 is 0 Å². The zero-order chi connectivity index (χ0) is 19.8. The average Bonchev–Trinajstić information content (AvgIpc) is 2.98. The minimum atomic E-state index is -1.71. The lowest BCUT2D eigenvalue weighted by molar-refractivity contribution is 0.0519. The van der Waals surface area contributed by atoms with E-state index in [0.717, 1.165) is 4.48 Å². The summed E-state index contributed by atoms with van der Waals surface area (Å²) in [5.74, 6) is -0.165. The van der Waals surface area contributed by atoms with Crippen molar-refractivity contribution in [3.8, 4) is 0 Å². The summed E-state index contributed by atoms with van der Waals surface area (Å²) in [5.41, 5.74) is 0.157. The summed E-state index contributed by atoms with van der Waals surface area (Å²) in [4.78, 5) is 15.6. The Kier molecular flexibility index (Phi) is 8.72. The molecule has 1 heterocycles. The van der Waals surface area contributed by atoms with Gasteiger partial charge in [-0.25, -0.2) is 9.78 Å². The minimum absolute atomic E-state index is 0.157. The van der Waals surface area contributed by atoms with Crippen molar-refractivity contribution in [1.82, 2.24) is 4.98 Å². The molecule has 0 bridgehead atoms. The Hall–Kier alpha value is -1.44. The molecule has 0 amide bonds. The normalized spacial score (nSPS) is 13.7. The summed E-state index contributed by atoms with van der Waals surface area (Å²) in [7, 11) is -1.71. The summed E-state index contributed by atoms with van der Waals surface area (Å²) in [6.45, 7) is 13.8. The molecule has 0 aliphatic heterocycles. The molecule has 5 nitrogen and oxygen atoms in total. The molecule has 0 aromatic carbocycles. The number of allylic oxidation sites excluding steroid dienone is 4. The Morgan fingerprint density at radius 3 is 2.65 bits per heavy atom. The summed E-state index contributed by atoms with van der Waals surface area (Å²) in [6.07, 6.45) is 10.6. The maximum absolute atomic E-state index is 11.5. The Labute approximate surface area is 165 Å². The van der Waals surface area contributed by atoms with E-state index in [1.54, 1.807) is 13.0 Å². The number of rotatable bonds is 8. The van der Waals surface area contributed by atoms with Crippen molar-refractivity contribution in [3.63, 3.8) is 0 Å². The molecule has 0 N–H and O–H groups in total. The fourth-order valence-electron chi connectivity index (χ4n) is 1.57. The quantitative estimate of drug-likeness (QED) is 0.293. The van der Waals surface area contributed by atoms with E-state index in [-0.39, 0.29) is 10.7 Å². The molecule has 144 valence electrons. The van der Waals surface area contributed by atoms with Gasteiger partial charge < -0.3 is 13.6 Å². The molecule has 0 aliphatic rings. The number of esters is 1. The van der Waals surface area contributed by atoms with Gasteiger partial charge in [0.25, 0.3) is 0 Å². The van der Waals surface area contributed by atoms with Gasteiger partial charge in [0, 0.05) is 10.6 Å². The lowest BCUT2D eigenvalue weighted by Crippen LogP contribution is -2.40. The number of carbonyl (C=O) groups excluding carboxylic acids is 1. The van der Waals surface area contributed by atoms with Gasteiger partial charge in [-0.1, -0.05) is 54.9 Å². The summed E-state index contributed by atoms with van der Waals surface area (Å²) in [5, 5.41) is 0.209. The highest BCUT2D eigenvalue weighted by molar-refractivity contribution is 9.12. The Bertz CT molecular complexity index is 684. The van der Waals surface area contributed by atoms with Crippen LogP contribution in [0.25, 0.3) is 6.08 Å². The van der Waals surface area contributed by atoms with Crippen LogP contribution in [-0.4, -0.2) is 32.5 Å². The van der Waals surface area contributed by atoms with Crippen LogP contribution in [0.1, 0.15) is 44.1 Å². The van der Waals surface area contributed by atoms with Gasteiger partial charge in [-0.3, -0.25) is 0 Å². The summed E-state index contributed by atoms with van der Waals surface area (Å²) in [6, 6.07) is 0. The number of oxazole rings is 1. The van der Waals surface area contributed by atoms with Crippen LogP contribution in [0.2, 0.25) is 18.1 Å². The SMILES string of the molecule is CCOC(=O)c1coc(\C=C(Br)/C=C/C=C\CO[Si](C)(C)C(C)(C)C)n1. The topological polar surface area (TPSA) is 61.6 Å². The van der Waals surface area contributed by atoms with Gasteiger partial charge in [0.05, 0.1) is 13.2 Å². The molecule has 1 aromatic rings. The summed E-state index contributed by atoms with van der Waals surface area (Å²) < 4.78 is 16.9. The highest BCUT2D eigenvalue weighted by atomic mass is 79.9. The maximum Gasteiger partial charge on any atom is 0.360 e. The van der Waals surface area contributed by atoms with Crippen LogP contribution < -0.4 is 0 Å². The first-order valence-corrected chi connectivity index (χ1v) is 12.2. The van der Waals surface area contributed by atoms with E-state index in [1.807, 2.05) is 24.3 Å². The van der Waals surface area contributed by atoms with E-state index < -0.39 is 14.3 Å². The Morgan fingerprint density at radius 2 is 2.04 bits per heavy atom. The number of hydrogen-bond acceptors (Lipinski definition) is 5. The van der Waals surface area contributed by atoms with Crippen LogP contribution in [0.4, 0.5) is 0 Å². The van der Waals surface area contributed by atoms with E-state index in [9.17, 15) is 4.79 Å². The van der Waals surface area contributed by atoms with Gasteiger partial charge in [0.15, 0.2) is 14.0 Å². The van der Waals surface area contributed by atoms with Crippen LogP contribution in [0.5, 0.6) is 0 Å². The fourth-order valence-corrected chi connectivity index (χ4v) is 2.87. The maximum atomic E-state index is 11.5. The molecule has 1 rings (SSSR count). The van der Waals surface area contributed by atoms with Gasteiger partial charge in [-0.15, -0.1) is 0 Å². The monoisotopic (exact) mass is 441 g/mol. The Morgan fingerprint density at radius 1 is 1.35 bits per heavy atom. The molecule has 1 aromatic heterocycles. The second-order valence-electron chi connectivity index (χ2n) is 7.18. The Balaban J connectivity index is 2.53. The van der Waals surface area contributed by atoms with Crippen molar-refractivity contribution in [3.05, 3.63) is 46.6 Å². The second kappa shape index (κ2) is 10.0. The van der Waals surface area contributed by atoms with Gasteiger partial charge in [0.2, 0.25) is 5.89 Å². The molecule has 7 heteroatoms. The van der Waals surface area contributed by atoms with Crippen molar-refractivity contribution < 1.29 is 18.4 Å².